The van der Waals surface area contributed by atoms with Crippen molar-refractivity contribution in [2.45, 2.75) is 19.4 Å². The van der Waals surface area contributed by atoms with Crippen molar-refractivity contribution < 1.29 is 14.4 Å². The lowest BCUT2D eigenvalue weighted by molar-refractivity contribution is -0.384. The molecule has 0 aliphatic rings. The Bertz CT molecular complexity index is 585. The van der Waals surface area contributed by atoms with Crippen LogP contribution in [0.4, 0.5) is 11.7 Å². The lowest BCUT2D eigenvalue weighted by Gasteiger charge is -2.16. The first kappa shape index (κ1) is 12.3. The van der Waals surface area contributed by atoms with E-state index in [9.17, 15) is 15.2 Å². The van der Waals surface area contributed by atoms with Crippen LogP contribution in [0.25, 0.3) is 11.1 Å². The van der Waals surface area contributed by atoms with Crippen LogP contribution in [-0.4, -0.2) is 27.2 Å². The highest BCUT2D eigenvalue weighted by molar-refractivity contribution is 5.77. The van der Waals surface area contributed by atoms with Gasteiger partial charge in [0.05, 0.1) is 16.6 Å². The topological polar surface area (TPSA) is 101 Å². The summed E-state index contributed by atoms with van der Waals surface area (Å²) in [6.45, 7) is 3.56. The zero-order valence-electron chi connectivity index (χ0n) is 10.0. The number of benzene rings is 1. The molecule has 0 saturated heterocycles. The Balaban J connectivity index is 2.24. The third-order valence-corrected chi connectivity index (χ3v) is 2.26. The van der Waals surface area contributed by atoms with Crippen LogP contribution < -0.4 is 5.32 Å². The Kier molecular flexibility index (Phi) is 2.92. The summed E-state index contributed by atoms with van der Waals surface area (Å²) in [6, 6.07) is 4.43. The monoisotopic (exact) mass is 251 g/mol. The second-order valence-electron chi connectivity index (χ2n) is 4.59. The molecule has 7 heteroatoms. The number of fused-ring (bicyclic) bond motifs is 1. The predicted octanol–water partition coefficient (Wildman–Crippen LogP) is 1.92. The Morgan fingerprint density at radius 2 is 2.28 bits per heavy atom. The molecular weight excluding hydrogens is 238 g/mol. The van der Waals surface area contributed by atoms with Crippen molar-refractivity contribution in [1.29, 1.82) is 0 Å². The second kappa shape index (κ2) is 4.26. The highest BCUT2D eigenvalue weighted by Crippen LogP contribution is 2.23. The van der Waals surface area contributed by atoms with Crippen LogP contribution in [0.5, 0.6) is 0 Å². The highest BCUT2D eigenvalue weighted by Gasteiger charge is 2.15. The van der Waals surface area contributed by atoms with E-state index in [-0.39, 0.29) is 18.2 Å². The molecule has 2 N–H and O–H groups in total. The number of nitro groups is 1. The molecule has 1 aromatic heterocycles. The SMILES string of the molecule is CC(C)(O)CNc1nc2ccc([N+](=O)[O-])cc2o1. The van der Waals surface area contributed by atoms with E-state index in [1.807, 2.05) is 0 Å². The largest absolute Gasteiger partial charge is 0.423 e. The molecule has 1 aromatic carbocycles. The predicted molar refractivity (Wildman–Crippen MR) is 65.5 cm³/mol. The van der Waals surface area contributed by atoms with E-state index in [4.69, 9.17) is 4.42 Å². The van der Waals surface area contributed by atoms with E-state index in [0.29, 0.717) is 11.1 Å². The average Bonchev–Trinajstić information content (AvgIpc) is 2.66. The van der Waals surface area contributed by atoms with E-state index in [0.717, 1.165) is 0 Å². The van der Waals surface area contributed by atoms with Crippen LogP contribution in [-0.2, 0) is 0 Å². The summed E-state index contributed by atoms with van der Waals surface area (Å²) >= 11 is 0. The molecule has 0 aliphatic carbocycles. The first-order valence-corrected chi connectivity index (χ1v) is 5.36. The Hall–Kier alpha value is -2.15. The number of oxazole rings is 1. The Labute approximate surface area is 103 Å². The van der Waals surface area contributed by atoms with Gasteiger partial charge in [-0.3, -0.25) is 10.1 Å². The van der Waals surface area contributed by atoms with Gasteiger partial charge in [-0.1, -0.05) is 0 Å². The first-order chi connectivity index (χ1) is 8.35. The number of aliphatic hydroxyl groups is 1. The van der Waals surface area contributed by atoms with Gasteiger partial charge < -0.3 is 14.8 Å². The molecule has 0 atom stereocenters. The van der Waals surface area contributed by atoms with Crippen molar-refractivity contribution in [1.82, 2.24) is 4.98 Å². The maximum Gasteiger partial charge on any atom is 0.295 e. The van der Waals surface area contributed by atoms with E-state index < -0.39 is 10.5 Å². The van der Waals surface area contributed by atoms with Crippen molar-refractivity contribution >= 4 is 22.8 Å². The van der Waals surface area contributed by atoms with Crippen LogP contribution in [0.1, 0.15) is 13.8 Å². The molecule has 0 saturated carbocycles. The summed E-state index contributed by atoms with van der Waals surface area (Å²) in [5.74, 6) is 0. The van der Waals surface area contributed by atoms with Crippen LogP contribution in [0, 0.1) is 10.1 Å². The van der Waals surface area contributed by atoms with Crippen LogP contribution >= 0.6 is 0 Å². The summed E-state index contributed by atoms with van der Waals surface area (Å²) in [6.07, 6.45) is 0. The fourth-order valence-electron chi connectivity index (χ4n) is 1.39. The van der Waals surface area contributed by atoms with E-state index in [2.05, 4.69) is 10.3 Å². The van der Waals surface area contributed by atoms with Crippen molar-refractivity contribution in [3.63, 3.8) is 0 Å². The van der Waals surface area contributed by atoms with Gasteiger partial charge in [0.25, 0.3) is 11.7 Å². The number of aromatic nitrogens is 1. The number of anilines is 1. The molecule has 18 heavy (non-hydrogen) atoms. The number of nitro benzene ring substituents is 1. The van der Waals surface area contributed by atoms with Crippen molar-refractivity contribution in [2.75, 3.05) is 11.9 Å². The zero-order chi connectivity index (χ0) is 13.3. The zero-order valence-corrected chi connectivity index (χ0v) is 10.0. The molecule has 1 heterocycles. The minimum absolute atomic E-state index is 0.0484. The maximum atomic E-state index is 10.6. The number of rotatable bonds is 4. The maximum absolute atomic E-state index is 10.6. The quantitative estimate of drug-likeness (QED) is 0.635. The smallest absolute Gasteiger partial charge is 0.295 e. The van der Waals surface area contributed by atoms with Gasteiger partial charge in [-0.15, -0.1) is 0 Å². The molecule has 2 aromatic rings. The lowest BCUT2D eigenvalue weighted by Crippen LogP contribution is -2.29. The lowest BCUT2D eigenvalue weighted by atomic mass is 10.1. The van der Waals surface area contributed by atoms with Crippen LogP contribution in [0.15, 0.2) is 22.6 Å². The second-order valence-corrected chi connectivity index (χ2v) is 4.59. The summed E-state index contributed by atoms with van der Waals surface area (Å²) in [4.78, 5) is 14.2. The molecule has 0 bridgehead atoms. The molecule has 2 rings (SSSR count). The molecule has 7 nitrogen and oxygen atoms in total. The van der Waals surface area contributed by atoms with Gasteiger partial charge in [0, 0.05) is 12.6 Å². The average molecular weight is 251 g/mol. The normalized spacial score (nSPS) is 11.7. The van der Waals surface area contributed by atoms with E-state index >= 15 is 0 Å². The number of hydrogen-bond donors (Lipinski definition) is 2. The number of hydrogen-bond acceptors (Lipinski definition) is 6. The number of non-ortho nitro benzene ring substituents is 1. The fourth-order valence-corrected chi connectivity index (χ4v) is 1.39. The molecular formula is C11H13N3O4. The minimum atomic E-state index is -0.896. The molecule has 96 valence electrons. The minimum Gasteiger partial charge on any atom is -0.423 e. The third-order valence-electron chi connectivity index (χ3n) is 2.26. The van der Waals surface area contributed by atoms with Crippen molar-refractivity contribution in [2.24, 2.45) is 0 Å². The summed E-state index contributed by atoms with van der Waals surface area (Å²) in [5.41, 5.74) is -0.0823. The Morgan fingerprint density at radius 1 is 1.56 bits per heavy atom. The molecule has 0 spiro atoms. The van der Waals surface area contributed by atoms with Gasteiger partial charge in [-0.2, -0.15) is 4.98 Å². The third kappa shape index (κ3) is 2.75. The van der Waals surface area contributed by atoms with Crippen LogP contribution in [0.2, 0.25) is 0 Å². The first-order valence-electron chi connectivity index (χ1n) is 5.36. The number of nitrogens with zero attached hydrogens (tertiary/aromatic N) is 2. The molecule has 0 aliphatic heterocycles. The van der Waals surface area contributed by atoms with E-state index in [1.54, 1.807) is 13.8 Å². The standard InChI is InChI=1S/C11H13N3O4/c1-11(2,15)6-12-10-13-8-4-3-7(14(16)17)5-9(8)18-10/h3-5,15H,6H2,1-2H3,(H,12,13). The molecule has 0 amide bonds. The highest BCUT2D eigenvalue weighted by atomic mass is 16.6. The van der Waals surface area contributed by atoms with Gasteiger partial charge in [0.2, 0.25) is 0 Å². The van der Waals surface area contributed by atoms with Gasteiger partial charge in [-0.05, 0) is 19.9 Å². The van der Waals surface area contributed by atoms with Gasteiger partial charge in [0.1, 0.15) is 5.52 Å². The summed E-state index contributed by atoms with van der Waals surface area (Å²) in [7, 11) is 0. The summed E-state index contributed by atoms with van der Waals surface area (Å²) < 4.78 is 5.32. The molecule has 0 unspecified atom stereocenters. The van der Waals surface area contributed by atoms with Crippen molar-refractivity contribution in [3.05, 3.63) is 28.3 Å². The van der Waals surface area contributed by atoms with Gasteiger partial charge in [-0.25, -0.2) is 0 Å². The van der Waals surface area contributed by atoms with Crippen LogP contribution in [0.3, 0.4) is 0 Å². The fraction of sp³-hybridized carbons (Fsp3) is 0.364. The van der Waals surface area contributed by atoms with Gasteiger partial charge in [0.15, 0.2) is 5.58 Å². The molecule has 0 radical (unpaired) electrons. The molecule has 0 fully saturated rings. The number of nitrogens with one attached hydrogen (secondary N) is 1. The van der Waals surface area contributed by atoms with Crippen molar-refractivity contribution in [3.8, 4) is 0 Å². The summed E-state index contributed by atoms with van der Waals surface area (Å²) in [5, 5.41) is 23.0. The Morgan fingerprint density at radius 3 is 2.89 bits per heavy atom. The van der Waals surface area contributed by atoms with Gasteiger partial charge >= 0.3 is 0 Å². The van der Waals surface area contributed by atoms with E-state index in [1.165, 1.54) is 18.2 Å².